The second kappa shape index (κ2) is 9.62. The summed E-state index contributed by atoms with van der Waals surface area (Å²) in [5.74, 6) is -0.798. The summed E-state index contributed by atoms with van der Waals surface area (Å²) >= 11 is 0. The zero-order chi connectivity index (χ0) is 22.9. The SMILES string of the molecule is COCCOCO[C@H]1[C@H](N[C@H](C)c2ccccc2)[C@H]2OC(C)(C)O[C@H]2[C@@H]2OC(=O)N(C)[C@H]12. The largest absolute Gasteiger partial charge is 0.441 e. The molecule has 9 nitrogen and oxygen atoms in total. The fourth-order valence-electron chi connectivity index (χ4n) is 4.87. The van der Waals surface area contributed by atoms with Crippen molar-refractivity contribution in [1.29, 1.82) is 0 Å². The lowest BCUT2D eigenvalue weighted by molar-refractivity contribution is -0.163. The predicted octanol–water partition coefficient (Wildman–Crippen LogP) is 2.06. The van der Waals surface area contributed by atoms with E-state index in [1.165, 1.54) is 0 Å². The van der Waals surface area contributed by atoms with Gasteiger partial charge in [-0.05, 0) is 26.3 Å². The van der Waals surface area contributed by atoms with Crippen LogP contribution < -0.4 is 5.32 Å². The average molecular weight is 451 g/mol. The minimum Gasteiger partial charge on any atom is -0.441 e. The highest BCUT2D eigenvalue weighted by molar-refractivity contribution is 5.71. The molecule has 3 aliphatic rings. The van der Waals surface area contributed by atoms with Crippen LogP contribution in [0.4, 0.5) is 4.79 Å². The van der Waals surface area contributed by atoms with Gasteiger partial charge < -0.3 is 38.6 Å². The van der Waals surface area contributed by atoms with Crippen molar-refractivity contribution >= 4 is 6.09 Å². The Morgan fingerprint density at radius 3 is 2.56 bits per heavy atom. The van der Waals surface area contributed by atoms with Gasteiger partial charge in [0.1, 0.15) is 31.1 Å². The number of carbonyl (C=O) groups excluding carboxylic acids is 1. The maximum absolute atomic E-state index is 12.5. The molecule has 3 fully saturated rings. The lowest BCUT2D eigenvalue weighted by Gasteiger charge is -2.45. The van der Waals surface area contributed by atoms with Crippen LogP contribution in [0.15, 0.2) is 30.3 Å². The molecule has 2 aliphatic heterocycles. The van der Waals surface area contributed by atoms with Gasteiger partial charge in [0.05, 0.1) is 19.3 Å². The molecule has 1 aromatic rings. The van der Waals surface area contributed by atoms with E-state index in [4.69, 9.17) is 28.4 Å². The molecule has 9 heteroatoms. The number of nitrogens with zero attached hydrogens (tertiary/aromatic N) is 1. The molecule has 0 spiro atoms. The van der Waals surface area contributed by atoms with Crippen molar-refractivity contribution in [2.45, 2.75) is 69.1 Å². The van der Waals surface area contributed by atoms with E-state index in [-0.39, 0.29) is 31.0 Å². The van der Waals surface area contributed by atoms with Crippen molar-refractivity contribution in [3.8, 4) is 0 Å². The molecule has 0 aromatic heterocycles. The summed E-state index contributed by atoms with van der Waals surface area (Å²) in [4.78, 5) is 14.1. The maximum atomic E-state index is 12.5. The Labute approximate surface area is 189 Å². The number of likely N-dealkylation sites (N-methyl/N-ethyl adjacent to an activating group) is 1. The summed E-state index contributed by atoms with van der Waals surface area (Å²) in [5, 5.41) is 3.69. The van der Waals surface area contributed by atoms with Crippen molar-refractivity contribution in [2.24, 2.45) is 0 Å². The molecule has 1 N–H and O–H groups in total. The number of carbonyl (C=O) groups is 1. The molecular formula is C23H34N2O7. The van der Waals surface area contributed by atoms with Crippen LogP contribution in [0.5, 0.6) is 0 Å². The molecule has 1 aliphatic carbocycles. The molecule has 0 unspecified atom stereocenters. The Balaban J connectivity index is 1.61. The van der Waals surface area contributed by atoms with Gasteiger partial charge in [0.25, 0.3) is 0 Å². The third kappa shape index (κ3) is 4.64. The summed E-state index contributed by atoms with van der Waals surface area (Å²) in [6.07, 6.45) is -2.07. The van der Waals surface area contributed by atoms with E-state index < -0.39 is 30.2 Å². The summed E-state index contributed by atoms with van der Waals surface area (Å²) < 4.78 is 35.1. The second-order valence-electron chi connectivity index (χ2n) is 8.99. The topological polar surface area (TPSA) is 87.7 Å². The number of rotatable bonds is 9. The molecule has 32 heavy (non-hydrogen) atoms. The highest BCUT2D eigenvalue weighted by atomic mass is 16.8. The first kappa shape index (κ1) is 23.4. The van der Waals surface area contributed by atoms with E-state index in [9.17, 15) is 4.79 Å². The summed E-state index contributed by atoms with van der Waals surface area (Å²) in [5.41, 5.74) is 1.14. The third-order valence-corrected chi connectivity index (χ3v) is 6.36. The van der Waals surface area contributed by atoms with Crippen LogP contribution in [0.1, 0.15) is 32.4 Å². The van der Waals surface area contributed by atoms with Gasteiger partial charge >= 0.3 is 6.09 Å². The molecule has 2 heterocycles. The third-order valence-electron chi connectivity index (χ3n) is 6.36. The van der Waals surface area contributed by atoms with Gasteiger partial charge in [0.15, 0.2) is 11.9 Å². The molecule has 2 saturated heterocycles. The van der Waals surface area contributed by atoms with Gasteiger partial charge in [-0.25, -0.2) is 4.79 Å². The van der Waals surface area contributed by atoms with Gasteiger partial charge in [0.2, 0.25) is 0 Å². The monoisotopic (exact) mass is 450 g/mol. The Bertz CT molecular complexity index is 777. The Hall–Kier alpha value is -1.75. The normalized spacial score (nSPS) is 34.2. The van der Waals surface area contributed by atoms with Crippen molar-refractivity contribution < 1.29 is 33.2 Å². The Kier molecular flexibility index (Phi) is 7.04. The van der Waals surface area contributed by atoms with Crippen molar-refractivity contribution in [1.82, 2.24) is 10.2 Å². The fourth-order valence-corrected chi connectivity index (χ4v) is 4.87. The van der Waals surface area contributed by atoms with Gasteiger partial charge in [-0.2, -0.15) is 0 Å². The number of hydrogen-bond donors (Lipinski definition) is 1. The van der Waals surface area contributed by atoms with Crippen LogP contribution in [0.2, 0.25) is 0 Å². The van der Waals surface area contributed by atoms with Crippen molar-refractivity contribution in [2.75, 3.05) is 34.2 Å². The van der Waals surface area contributed by atoms with E-state index in [1.807, 2.05) is 32.0 Å². The molecule has 7 atom stereocenters. The quantitative estimate of drug-likeness (QED) is 0.452. The van der Waals surface area contributed by atoms with Gasteiger partial charge in [-0.3, -0.25) is 0 Å². The molecule has 0 bridgehead atoms. The molecule has 1 amide bonds. The highest BCUT2D eigenvalue weighted by Gasteiger charge is 2.64. The number of nitrogens with one attached hydrogen (secondary N) is 1. The van der Waals surface area contributed by atoms with Crippen molar-refractivity contribution in [3.05, 3.63) is 35.9 Å². The molecule has 4 rings (SSSR count). The molecule has 1 saturated carbocycles. The second-order valence-corrected chi connectivity index (χ2v) is 8.99. The number of amides is 1. The predicted molar refractivity (Wildman–Crippen MR) is 115 cm³/mol. The van der Waals surface area contributed by atoms with Gasteiger partial charge in [0, 0.05) is 20.2 Å². The summed E-state index contributed by atoms with van der Waals surface area (Å²) in [6, 6.07) is 9.60. The molecule has 0 radical (unpaired) electrons. The van der Waals surface area contributed by atoms with Crippen LogP contribution in [-0.2, 0) is 28.4 Å². The summed E-state index contributed by atoms with van der Waals surface area (Å²) in [7, 11) is 3.35. The fraction of sp³-hybridized carbons (Fsp3) is 0.696. The number of fused-ring (bicyclic) bond motifs is 3. The van der Waals surface area contributed by atoms with E-state index in [0.717, 1.165) is 5.56 Å². The average Bonchev–Trinajstić information content (AvgIpc) is 3.25. The number of benzene rings is 1. The van der Waals surface area contributed by atoms with Crippen LogP contribution in [0.25, 0.3) is 0 Å². The molecular weight excluding hydrogens is 416 g/mol. The number of methoxy groups -OCH3 is 1. The number of hydrogen-bond acceptors (Lipinski definition) is 8. The first-order valence-corrected chi connectivity index (χ1v) is 11.1. The van der Waals surface area contributed by atoms with E-state index >= 15 is 0 Å². The molecule has 1 aromatic carbocycles. The Morgan fingerprint density at radius 1 is 1.12 bits per heavy atom. The first-order valence-electron chi connectivity index (χ1n) is 11.1. The smallest absolute Gasteiger partial charge is 0.410 e. The van der Waals surface area contributed by atoms with Crippen LogP contribution in [-0.4, -0.2) is 87.4 Å². The minimum atomic E-state index is -0.798. The molecule has 178 valence electrons. The lowest BCUT2D eigenvalue weighted by atomic mass is 9.80. The standard InChI is InChI=1S/C23H34N2O7/c1-14(15-9-7-6-8-10-15)24-16-18(29-13-28-12-11-27-5)17-20(30-22(26)25(17)4)21-19(16)31-23(2,3)32-21/h6-10,14,16-21,24H,11-13H2,1-5H3/t14-,16+,17-,18+,19-,20-,21-/m1/s1. The minimum absolute atomic E-state index is 0.0227. The van der Waals surface area contributed by atoms with Crippen molar-refractivity contribution in [3.63, 3.8) is 0 Å². The van der Waals surface area contributed by atoms with Crippen LogP contribution in [0, 0.1) is 0 Å². The highest BCUT2D eigenvalue weighted by Crippen LogP contribution is 2.43. The first-order chi connectivity index (χ1) is 15.3. The number of ether oxygens (including phenoxy) is 6. The van der Waals surface area contributed by atoms with Gasteiger partial charge in [-0.15, -0.1) is 0 Å². The zero-order valence-electron chi connectivity index (χ0n) is 19.4. The Morgan fingerprint density at radius 2 is 1.84 bits per heavy atom. The van der Waals surface area contributed by atoms with Crippen LogP contribution in [0.3, 0.4) is 0 Å². The maximum Gasteiger partial charge on any atom is 0.410 e. The van der Waals surface area contributed by atoms with E-state index in [0.29, 0.717) is 13.2 Å². The summed E-state index contributed by atoms with van der Waals surface area (Å²) in [6.45, 7) is 6.82. The van der Waals surface area contributed by atoms with E-state index in [1.54, 1.807) is 19.1 Å². The van der Waals surface area contributed by atoms with Gasteiger partial charge in [-0.1, -0.05) is 30.3 Å². The van der Waals surface area contributed by atoms with Crippen LogP contribution >= 0.6 is 0 Å². The van der Waals surface area contributed by atoms with E-state index in [2.05, 4.69) is 24.4 Å². The zero-order valence-corrected chi connectivity index (χ0v) is 19.4. The lowest BCUT2D eigenvalue weighted by Crippen LogP contribution is -2.68.